The molecule has 0 amide bonds. The van der Waals surface area contributed by atoms with Gasteiger partial charge in [0.1, 0.15) is 5.39 Å². The fourth-order valence-corrected chi connectivity index (χ4v) is 2.67. The van der Waals surface area contributed by atoms with Gasteiger partial charge in [0.05, 0.1) is 25.0 Å². The number of fused-ring (bicyclic) bond motifs is 1. The van der Waals surface area contributed by atoms with Gasteiger partial charge in [0, 0.05) is 11.9 Å². The first-order valence-corrected chi connectivity index (χ1v) is 7.36. The zero-order valence-electron chi connectivity index (χ0n) is 11.1. The zero-order valence-corrected chi connectivity index (χ0v) is 11.9. The molecule has 108 valence electrons. The van der Waals surface area contributed by atoms with Gasteiger partial charge in [-0.15, -0.1) is 0 Å². The number of thioether (sulfide) groups is 1. The molecule has 21 heavy (non-hydrogen) atoms. The Morgan fingerprint density at radius 2 is 2.29 bits per heavy atom. The number of aromatic amines is 1. The molecule has 3 aromatic heterocycles. The van der Waals surface area contributed by atoms with Gasteiger partial charge in [-0.1, -0.05) is 17.8 Å². The molecule has 2 N–H and O–H groups in total. The quantitative estimate of drug-likeness (QED) is 0.534. The van der Waals surface area contributed by atoms with Crippen molar-refractivity contribution in [2.24, 2.45) is 0 Å². The normalized spacial score (nSPS) is 11.1. The molecule has 0 aliphatic heterocycles. The Bertz CT molecular complexity index is 799. The van der Waals surface area contributed by atoms with E-state index in [-0.39, 0.29) is 12.2 Å². The lowest BCUT2D eigenvalue weighted by Gasteiger charge is -2.03. The van der Waals surface area contributed by atoms with Crippen LogP contribution in [-0.2, 0) is 12.3 Å². The molecule has 0 bridgehead atoms. The van der Waals surface area contributed by atoms with E-state index in [0.29, 0.717) is 28.5 Å². The number of aromatic nitrogens is 5. The summed E-state index contributed by atoms with van der Waals surface area (Å²) in [5, 5.41) is 14.0. The number of hydrogen-bond donors (Lipinski definition) is 2. The largest absolute Gasteiger partial charge is 0.394 e. The zero-order chi connectivity index (χ0) is 14.7. The van der Waals surface area contributed by atoms with Gasteiger partial charge in [-0.3, -0.25) is 9.78 Å². The van der Waals surface area contributed by atoms with Gasteiger partial charge >= 0.3 is 0 Å². The minimum absolute atomic E-state index is 0.0539. The average Bonchev–Trinajstić information content (AvgIpc) is 2.90. The first-order chi connectivity index (χ1) is 10.3. The number of pyridine rings is 1. The fourth-order valence-electron chi connectivity index (χ4n) is 1.90. The number of aliphatic hydroxyl groups is 1. The molecule has 0 atom stereocenters. The number of nitrogens with one attached hydrogen (secondary N) is 1. The third kappa shape index (κ3) is 2.96. The van der Waals surface area contributed by atoms with Gasteiger partial charge in [0.15, 0.2) is 10.8 Å². The predicted molar refractivity (Wildman–Crippen MR) is 79.0 cm³/mol. The van der Waals surface area contributed by atoms with Crippen LogP contribution in [0.2, 0.25) is 0 Å². The highest BCUT2D eigenvalue weighted by Crippen LogP contribution is 2.18. The molecule has 0 aliphatic rings. The first-order valence-electron chi connectivity index (χ1n) is 6.37. The monoisotopic (exact) mass is 303 g/mol. The van der Waals surface area contributed by atoms with Crippen LogP contribution < -0.4 is 5.56 Å². The number of rotatable bonds is 5. The van der Waals surface area contributed by atoms with Crippen LogP contribution in [-0.4, -0.2) is 36.4 Å². The summed E-state index contributed by atoms with van der Waals surface area (Å²) in [5.74, 6) is 0.615. The third-order valence-electron chi connectivity index (χ3n) is 2.88. The number of nitrogens with zero attached hydrogens (tertiary/aromatic N) is 4. The molecule has 3 heterocycles. The van der Waals surface area contributed by atoms with E-state index in [1.54, 1.807) is 6.20 Å². The van der Waals surface area contributed by atoms with Crippen molar-refractivity contribution in [1.29, 1.82) is 0 Å². The van der Waals surface area contributed by atoms with Crippen LogP contribution in [0.1, 0.15) is 5.69 Å². The molecule has 0 aliphatic carbocycles. The minimum Gasteiger partial charge on any atom is -0.394 e. The van der Waals surface area contributed by atoms with E-state index in [1.165, 1.54) is 22.6 Å². The van der Waals surface area contributed by atoms with Crippen molar-refractivity contribution < 1.29 is 5.11 Å². The Kier molecular flexibility index (Phi) is 3.98. The Labute approximate surface area is 124 Å². The standard InChI is InChI=1S/C13H13N5O2S/c19-6-5-18-11-10(7-15-18)12(20)17-13(16-11)21-8-9-3-1-2-4-14-9/h1-4,7,19H,5-6,8H2,(H,16,17,20). The van der Waals surface area contributed by atoms with Crippen molar-refractivity contribution in [3.8, 4) is 0 Å². The van der Waals surface area contributed by atoms with Crippen molar-refractivity contribution in [1.82, 2.24) is 24.7 Å². The Morgan fingerprint density at radius 3 is 3.05 bits per heavy atom. The molecule has 0 fully saturated rings. The van der Waals surface area contributed by atoms with Crippen LogP contribution in [0.25, 0.3) is 11.0 Å². The second-order valence-electron chi connectivity index (χ2n) is 4.31. The molecule has 0 saturated heterocycles. The molecular weight excluding hydrogens is 290 g/mol. The topological polar surface area (TPSA) is 96.7 Å². The number of hydrogen-bond acceptors (Lipinski definition) is 6. The molecule has 3 aromatic rings. The lowest BCUT2D eigenvalue weighted by atomic mass is 10.4. The van der Waals surface area contributed by atoms with E-state index in [9.17, 15) is 4.79 Å². The molecule has 0 unspecified atom stereocenters. The maximum Gasteiger partial charge on any atom is 0.262 e. The van der Waals surface area contributed by atoms with Gasteiger partial charge in [-0.2, -0.15) is 5.10 Å². The molecule has 0 radical (unpaired) electrons. The summed E-state index contributed by atoms with van der Waals surface area (Å²) in [6, 6.07) is 5.69. The summed E-state index contributed by atoms with van der Waals surface area (Å²) in [5.41, 5.74) is 1.16. The van der Waals surface area contributed by atoms with Gasteiger partial charge in [0.2, 0.25) is 0 Å². The summed E-state index contributed by atoms with van der Waals surface area (Å²) in [7, 11) is 0. The van der Waals surface area contributed by atoms with Crippen molar-refractivity contribution >= 4 is 22.8 Å². The van der Waals surface area contributed by atoms with E-state index in [0.717, 1.165) is 5.69 Å². The summed E-state index contributed by atoms with van der Waals surface area (Å²) < 4.78 is 1.52. The van der Waals surface area contributed by atoms with Crippen molar-refractivity contribution in [2.75, 3.05) is 6.61 Å². The van der Waals surface area contributed by atoms with Gasteiger partial charge in [-0.05, 0) is 12.1 Å². The van der Waals surface area contributed by atoms with Crippen LogP contribution in [0.4, 0.5) is 0 Å². The first kappa shape index (κ1) is 13.8. The highest BCUT2D eigenvalue weighted by molar-refractivity contribution is 7.98. The van der Waals surface area contributed by atoms with Gasteiger partial charge in [-0.25, -0.2) is 9.67 Å². The molecular formula is C13H13N5O2S. The maximum absolute atomic E-state index is 12.0. The van der Waals surface area contributed by atoms with E-state index in [1.807, 2.05) is 18.2 Å². The average molecular weight is 303 g/mol. The summed E-state index contributed by atoms with van der Waals surface area (Å²) in [6.45, 7) is 0.256. The highest BCUT2D eigenvalue weighted by Gasteiger charge is 2.10. The smallest absolute Gasteiger partial charge is 0.262 e. The minimum atomic E-state index is -0.229. The lowest BCUT2D eigenvalue weighted by Crippen LogP contribution is -2.11. The van der Waals surface area contributed by atoms with Crippen LogP contribution in [0.3, 0.4) is 0 Å². The van der Waals surface area contributed by atoms with Crippen LogP contribution in [0.15, 0.2) is 40.5 Å². The van der Waals surface area contributed by atoms with Crippen LogP contribution >= 0.6 is 11.8 Å². The molecule has 0 saturated carbocycles. The maximum atomic E-state index is 12.0. The van der Waals surface area contributed by atoms with E-state index >= 15 is 0 Å². The lowest BCUT2D eigenvalue weighted by molar-refractivity contribution is 0.271. The summed E-state index contributed by atoms with van der Waals surface area (Å²) >= 11 is 1.40. The van der Waals surface area contributed by atoms with E-state index in [4.69, 9.17) is 5.11 Å². The van der Waals surface area contributed by atoms with Crippen molar-refractivity contribution in [3.63, 3.8) is 0 Å². The summed E-state index contributed by atoms with van der Waals surface area (Å²) in [6.07, 6.45) is 3.19. The molecule has 0 spiro atoms. The SMILES string of the molecule is O=c1[nH]c(SCc2ccccn2)nc2c1cnn2CCO. The molecule has 0 aromatic carbocycles. The third-order valence-corrected chi connectivity index (χ3v) is 3.79. The second kappa shape index (κ2) is 6.06. The number of aliphatic hydroxyl groups excluding tert-OH is 1. The highest BCUT2D eigenvalue weighted by atomic mass is 32.2. The Hall–Kier alpha value is -2.19. The Balaban J connectivity index is 1.88. The molecule has 8 heteroatoms. The van der Waals surface area contributed by atoms with Gasteiger partial charge in [0.25, 0.3) is 5.56 Å². The number of H-pyrrole nitrogens is 1. The van der Waals surface area contributed by atoms with Crippen LogP contribution in [0, 0.1) is 0 Å². The van der Waals surface area contributed by atoms with E-state index in [2.05, 4.69) is 20.1 Å². The fraction of sp³-hybridized carbons (Fsp3) is 0.231. The van der Waals surface area contributed by atoms with Crippen molar-refractivity contribution in [2.45, 2.75) is 17.5 Å². The molecule has 3 rings (SSSR count). The Morgan fingerprint density at radius 1 is 1.38 bits per heavy atom. The second-order valence-corrected chi connectivity index (χ2v) is 5.27. The predicted octanol–water partition coefficient (Wildman–Crippen LogP) is 0.799. The van der Waals surface area contributed by atoms with Crippen LogP contribution in [0.5, 0.6) is 0 Å². The van der Waals surface area contributed by atoms with E-state index < -0.39 is 0 Å². The van der Waals surface area contributed by atoms with Crippen molar-refractivity contribution in [3.05, 3.63) is 46.6 Å². The molecule has 7 nitrogen and oxygen atoms in total. The van der Waals surface area contributed by atoms with Gasteiger partial charge < -0.3 is 10.1 Å². The summed E-state index contributed by atoms with van der Waals surface area (Å²) in [4.78, 5) is 23.3.